The van der Waals surface area contributed by atoms with Crippen LogP contribution in [0.2, 0.25) is 0 Å². The highest BCUT2D eigenvalue weighted by atomic mass is 16.5. The van der Waals surface area contributed by atoms with E-state index in [0.717, 1.165) is 31.7 Å². The molecule has 2 N–H and O–H groups in total. The third-order valence-corrected chi connectivity index (χ3v) is 4.19. The zero-order chi connectivity index (χ0) is 11.4. The smallest absolute Gasteiger partial charge is 0.0480 e. The first-order valence-electron chi connectivity index (χ1n) is 6.85. The summed E-state index contributed by atoms with van der Waals surface area (Å²) >= 11 is 0. The van der Waals surface area contributed by atoms with Crippen molar-refractivity contribution in [1.29, 1.82) is 0 Å². The minimum Gasteiger partial charge on any atom is -0.381 e. The number of hydrogen-bond acceptors (Lipinski definition) is 3. The van der Waals surface area contributed by atoms with Crippen LogP contribution in [-0.2, 0) is 4.74 Å². The molecule has 3 heteroatoms. The van der Waals surface area contributed by atoms with Crippen LogP contribution in [0.3, 0.4) is 0 Å². The highest BCUT2D eigenvalue weighted by Gasteiger charge is 2.30. The van der Waals surface area contributed by atoms with Crippen molar-refractivity contribution in [3.63, 3.8) is 0 Å². The van der Waals surface area contributed by atoms with Gasteiger partial charge < -0.3 is 10.5 Å². The number of rotatable bonds is 2. The van der Waals surface area contributed by atoms with E-state index < -0.39 is 0 Å². The molecule has 0 aromatic carbocycles. The van der Waals surface area contributed by atoms with Gasteiger partial charge in [0.05, 0.1) is 0 Å². The summed E-state index contributed by atoms with van der Waals surface area (Å²) in [6.07, 6.45) is 6.34. The third-order valence-electron chi connectivity index (χ3n) is 4.19. The van der Waals surface area contributed by atoms with Gasteiger partial charge in [-0.15, -0.1) is 0 Å². The summed E-state index contributed by atoms with van der Waals surface area (Å²) in [6.45, 7) is 6.31. The standard InChI is InChI=1S/C13H26N2O/c1-11-4-6-15(13(9-11)10-14)12-3-2-7-16-8-5-12/h11-13H,2-10,14H2,1H3. The molecule has 0 radical (unpaired) electrons. The third kappa shape index (κ3) is 2.96. The highest BCUT2D eigenvalue weighted by molar-refractivity contribution is 4.86. The van der Waals surface area contributed by atoms with E-state index in [1.807, 2.05) is 0 Å². The van der Waals surface area contributed by atoms with Crippen LogP contribution in [0.5, 0.6) is 0 Å². The molecule has 3 unspecified atom stereocenters. The fourth-order valence-corrected chi connectivity index (χ4v) is 3.20. The topological polar surface area (TPSA) is 38.5 Å². The minimum absolute atomic E-state index is 0.617. The van der Waals surface area contributed by atoms with Crippen molar-refractivity contribution >= 4 is 0 Å². The Labute approximate surface area is 99.3 Å². The van der Waals surface area contributed by atoms with Crippen molar-refractivity contribution in [3.8, 4) is 0 Å². The van der Waals surface area contributed by atoms with Gasteiger partial charge in [0.25, 0.3) is 0 Å². The second-order valence-electron chi connectivity index (χ2n) is 5.45. The van der Waals surface area contributed by atoms with E-state index >= 15 is 0 Å². The van der Waals surface area contributed by atoms with Crippen molar-refractivity contribution < 1.29 is 4.74 Å². The van der Waals surface area contributed by atoms with Crippen LogP contribution in [0.1, 0.15) is 39.0 Å². The molecule has 0 aromatic rings. The van der Waals surface area contributed by atoms with E-state index in [9.17, 15) is 0 Å². The monoisotopic (exact) mass is 226 g/mol. The molecule has 2 rings (SSSR count). The van der Waals surface area contributed by atoms with Crippen LogP contribution in [-0.4, -0.2) is 43.3 Å². The summed E-state index contributed by atoms with van der Waals surface area (Å²) in [4.78, 5) is 2.68. The van der Waals surface area contributed by atoms with Crippen molar-refractivity contribution in [1.82, 2.24) is 4.90 Å². The maximum Gasteiger partial charge on any atom is 0.0480 e. The molecule has 0 bridgehead atoms. The number of nitrogens with zero attached hydrogens (tertiary/aromatic N) is 1. The maximum absolute atomic E-state index is 5.93. The van der Waals surface area contributed by atoms with Gasteiger partial charge in [0.2, 0.25) is 0 Å². The molecule has 94 valence electrons. The molecule has 16 heavy (non-hydrogen) atoms. The predicted molar refractivity (Wildman–Crippen MR) is 66.4 cm³/mol. The molecule has 2 saturated heterocycles. The first-order chi connectivity index (χ1) is 7.81. The Morgan fingerprint density at radius 2 is 2.12 bits per heavy atom. The van der Waals surface area contributed by atoms with Gasteiger partial charge in [0.1, 0.15) is 0 Å². The van der Waals surface area contributed by atoms with Gasteiger partial charge in [-0.05, 0) is 44.6 Å². The fourth-order valence-electron chi connectivity index (χ4n) is 3.20. The lowest BCUT2D eigenvalue weighted by molar-refractivity contribution is 0.0631. The Morgan fingerprint density at radius 3 is 2.94 bits per heavy atom. The van der Waals surface area contributed by atoms with Crippen LogP contribution >= 0.6 is 0 Å². The predicted octanol–water partition coefficient (Wildman–Crippen LogP) is 1.61. The molecule has 0 aromatic heterocycles. The number of nitrogens with two attached hydrogens (primary N) is 1. The van der Waals surface area contributed by atoms with E-state index in [2.05, 4.69) is 11.8 Å². The Morgan fingerprint density at radius 1 is 1.25 bits per heavy atom. The number of piperidine rings is 1. The van der Waals surface area contributed by atoms with Gasteiger partial charge in [-0.25, -0.2) is 0 Å². The second-order valence-corrected chi connectivity index (χ2v) is 5.45. The van der Waals surface area contributed by atoms with E-state index in [0.29, 0.717) is 6.04 Å². The number of likely N-dealkylation sites (tertiary alicyclic amines) is 1. The molecule has 0 saturated carbocycles. The summed E-state index contributed by atoms with van der Waals surface area (Å²) in [5.41, 5.74) is 5.93. The second kappa shape index (κ2) is 5.99. The van der Waals surface area contributed by atoms with Crippen LogP contribution in [0.15, 0.2) is 0 Å². The van der Waals surface area contributed by atoms with E-state index in [-0.39, 0.29) is 0 Å². The average Bonchev–Trinajstić information content (AvgIpc) is 2.57. The summed E-state index contributed by atoms with van der Waals surface area (Å²) < 4.78 is 5.55. The van der Waals surface area contributed by atoms with E-state index in [1.165, 1.54) is 38.6 Å². The molecule has 0 amide bonds. The lowest BCUT2D eigenvalue weighted by Crippen LogP contribution is -2.51. The molecular weight excluding hydrogens is 200 g/mol. The summed E-state index contributed by atoms with van der Waals surface area (Å²) in [7, 11) is 0. The lowest BCUT2D eigenvalue weighted by Gasteiger charge is -2.42. The molecule has 0 spiro atoms. The Kier molecular flexibility index (Phi) is 4.62. The first kappa shape index (κ1) is 12.3. The van der Waals surface area contributed by atoms with Gasteiger partial charge >= 0.3 is 0 Å². The van der Waals surface area contributed by atoms with Crippen LogP contribution in [0.25, 0.3) is 0 Å². The normalized spacial score (nSPS) is 38.2. The summed E-state index contributed by atoms with van der Waals surface area (Å²) in [6, 6.07) is 1.34. The van der Waals surface area contributed by atoms with Gasteiger partial charge in [-0.3, -0.25) is 4.90 Å². The van der Waals surface area contributed by atoms with Crippen LogP contribution < -0.4 is 5.73 Å². The van der Waals surface area contributed by atoms with Crippen molar-refractivity contribution in [3.05, 3.63) is 0 Å². The SMILES string of the molecule is CC1CCN(C2CCCOCC2)C(CN)C1. The first-order valence-corrected chi connectivity index (χ1v) is 6.85. The minimum atomic E-state index is 0.617. The highest BCUT2D eigenvalue weighted by Crippen LogP contribution is 2.27. The molecule has 3 nitrogen and oxygen atoms in total. The van der Waals surface area contributed by atoms with Crippen LogP contribution in [0, 0.1) is 5.92 Å². The molecule has 2 heterocycles. The molecule has 2 aliphatic heterocycles. The van der Waals surface area contributed by atoms with Crippen molar-refractivity contribution in [2.24, 2.45) is 11.7 Å². The van der Waals surface area contributed by atoms with Crippen LogP contribution in [0.4, 0.5) is 0 Å². The Balaban J connectivity index is 1.94. The zero-order valence-electron chi connectivity index (χ0n) is 10.5. The molecule has 2 fully saturated rings. The number of ether oxygens (including phenoxy) is 1. The summed E-state index contributed by atoms with van der Waals surface area (Å²) in [5.74, 6) is 0.854. The van der Waals surface area contributed by atoms with Crippen molar-refractivity contribution in [2.75, 3.05) is 26.3 Å². The summed E-state index contributed by atoms with van der Waals surface area (Å²) in [5, 5.41) is 0. The Hall–Kier alpha value is -0.120. The van der Waals surface area contributed by atoms with E-state index in [4.69, 9.17) is 10.5 Å². The fraction of sp³-hybridized carbons (Fsp3) is 1.00. The zero-order valence-corrected chi connectivity index (χ0v) is 10.5. The molecule has 3 atom stereocenters. The van der Waals surface area contributed by atoms with Gasteiger partial charge in [-0.2, -0.15) is 0 Å². The van der Waals surface area contributed by atoms with Gasteiger partial charge in [-0.1, -0.05) is 6.92 Å². The van der Waals surface area contributed by atoms with Gasteiger partial charge in [0, 0.05) is 31.8 Å². The van der Waals surface area contributed by atoms with Crippen molar-refractivity contribution in [2.45, 2.75) is 51.1 Å². The molecular formula is C13H26N2O. The largest absolute Gasteiger partial charge is 0.381 e. The number of hydrogen-bond donors (Lipinski definition) is 1. The molecule has 2 aliphatic rings. The Bertz CT molecular complexity index is 202. The average molecular weight is 226 g/mol. The maximum atomic E-state index is 5.93. The quantitative estimate of drug-likeness (QED) is 0.777. The van der Waals surface area contributed by atoms with Gasteiger partial charge in [0.15, 0.2) is 0 Å². The lowest BCUT2D eigenvalue weighted by atomic mass is 9.90. The van der Waals surface area contributed by atoms with E-state index in [1.54, 1.807) is 0 Å². The molecule has 0 aliphatic carbocycles.